The summed E-state index contributed by atoms with van der Waals surface area (Å²) in [5.74, 6) is -0.490. The highest BCUT2D eigenvalue weighted by atomic mass is 32.2. The molecule has 1 atom stereocenters. The van der Waals surface area contributed by atoms with Gasteiger partial charge in [-0.1, -0.05) is 6.07 Å². The van der Waals surface area contributed by atoms with Crippen LogP contribution in [-0.2, 0) is 19.4 Å². The number of fused-ring (bicyclic) bond motifs is 1. The normalized spacial score (nSPS) is 21.1. The van der Waals surface area contributed by atoms with Crippen molar-refractivity contribution in [3.63, 3.8) is 0 Å². The van der Waals surface area contributed by atoms with Gasteiger partial charge >= 0.3 is 0 Å². The number of anilines is 1. The van der Waals surface area contributed by atoms with Crippen molar-refractivity contribution in [3.05, 3.63) is 45.9 Å². The molecule has 4 heterocycles. The highest BCUT2D eigenvalue weighted by Gasteiger charge is 2.30. The molecule has 0 unspecified atom stereocenters. The van der Waals surface area contributed by atoms with Gasteiger partial charge in [0.15, 0.2) is 9.84 Å². The van der Waals surface area contributed by atoms with E-state index in [-0.39, 0.29) is 22.6 Å². The lowest BCUT2D eigenvalue weighted by Gasteiger charge is -2.29. The first-order chi connectivity index (χ1) is 14.9. The monoisotopic (exact) mass is 443 g/mol. The molecular weight excluding hydrogens is 422 g/mol. The molecule has 1 N–H and O–H groups in total. The lowest BCUT2D eigenvalue weighted by atomic mass is 10.1. The zero-order valence-corrected chi connectivity index (χ0v) is 17.5. The molecule has 31 heavy (non-hydrogen) atoms. The Labute approximate surface area is 178 Å². The van der Waals surface area contributed by atoms with Crippen molar-refractivity contribution in [2.45, 2.75) is 12.5 Å². The zero-order valence-electron chi connectivity index (χ0n) is 16.7. The van der Waals surface area contributed by atoms with E-state index in [0.29, 0.717) is 44.2 Å². The summed E-state index contributed by atoms with van der Waals surface area (Å²) in [6.45, 7) is 1.98. The minimum Gasteiger partial charge on any atom is -0.378 e. The van der Waals surface area contributed by atoms with E-state index in [0.717, 1.165) is 0 Å². The molecule has 1 amide bonds. The number of pyridine rings is 1. The van der Waals surface area contributed by atoms with Gasteiger partial charge in [0.25, 0.3) is 11.5 Å². The molecule has 4 rings (SSSR count). The van der Waals surface area contributed by atoms with Gasteiger partial charge in [0.2, 0.25) is 0 Å². The van der Waals surface area contributed by atoms with Crippen LogP contribution in [-0.4, -0.2) is 67.6 Å². The Morgan fingerprint density at radius 3 is 2.77 bits per heavy atom. The minimum atomic E-state index is -3.18. The average molecular weight is 443 g/mol. The van der Waals surface area contributed by atoms with Crippen molar-refractivity contribution in [3.8, 4) is 6.07 Å². The smallest absolute Gasteiger partial charge is 0.267 e. The number of rotatable bonds is 4. The molecule has 0 spiro atoms. The molecule has 0 radical (unpaired) electrons. The van der Waals surface area contributed by atoms with Gasteiger partial charge in [-0.2, -0.15) is 5.26 Å². The van der Waals surface area contributed by atoms with Crippen molar-refractivity contribution in [2.75, 3.05) is 42.7 Å². The van der Waals surface area contributed by atoms with E-state index in [9.17, 15) is 23.3 Å². The predicted molar refractivity (Wildman–Crippen MR) is 113 cm³/mol. The van der Waals surface area contributed by atoms with Crippen LogP contribution >= 0.6 is 0 Å². The highest BCUT2D eigenvalue weighted by Crippen LogP contribution is 2.20. The van der Waals surface area contributed by atoms with Crippen LogP contribution in [0.25, 0.3) is 11.7 Å². The maximum Gasteiger partial charge on any atom is 0.267 e. The Bertz CT molecular complexity index is 1250. The molecule has 2 aliphatic heterocycles. The third kappa shape index (κ3) is 4.45. The second-order valence-corrected chi connectivity index (χ2v) is 9.65. The zero-order chi connectivity index (χ0) is 22.0. The van der Waals surface area contributed by atoms with Gasteiger partial charge in [0.1, 0.15) is 23.1 Å². The van der Waals surface area contributed by atoms with Crippen LogP contribution in [0.5, 0.6) is 0 Å². The van der Waals surface area contributed by atoms with Crippen LogP contribution in [0.2, 0.25) is 0 Å². The number of nitrogens with zero attached hydrogens (tertiary/aromatic N) is 4. The number of nitrogens with one attached hydrogen (secondary N) is 1. The molecule has 0 saturated carbocycles. The molecule has 2 aromatic heterocycles. The van der Waals surface area contributed by atoms with Crippen molar-refractivity contribution < 1.29 is 17.9 Å². The highest BCUT2D eigenvalue weighted by molar-refractivity contribution is 7.91. The second-order valence-electron chi connectivity index (χ2n) is 7.43. The number of nitriles is 1. The lowest BCUT2D eigenvalue weighted by molar-refractivity contribution is -0.117. The largest absolute Gasteiger partial charge is 0.378 e. The minimum absolute atomic E-state index is 0.000664. The number of amides is 1. The number of hydrogen-bond acceptors (Lipinski definition) is 8. The lowest BCUT2D eigenvalue weighted by Crippen LogP contribution is -2.39. The van der Waals surface area contributed by atoms with Crippen molar-refractivity contribution >= 4 is 33.3 Å². The molecule has 162 valence electrons. The molecular formula is C20H21N5O5S. The molecule has 0 aromatic carbocycles. The third-order valence-corrected chi connectivity index (χ3v) is 7.05. The maximum atomic E-state index is 13.2. The van der Waals surface area contributed by atoms with E-state index in [4.69, 9.17) is 4.74 Å². The van der Waals surface area contributed by atoms with Gasteiger partial charge in [-0.3, -0.25) is 14.0 Å². The van der Waals surface area contributed by atoms with Crippen molar-refractivity contribution in [2.24, 2.45) is 0 Å². The first-order valence-corrected chi connectivity index (χ1v) is 11.7. The van der Waals surface area contributed by atoms with E-state index >= 15 is 0 Å². The molecule has 0 bridgehead atoms. The summed E-state index contributed by atoms with van der Waals surface area (Å²) in [6.07, 6.45) is 3.10. The molecule has 2 fully saturated rings. The number of aromatic nitrogens is 2. The van der Waals surface area contributed by atoms with Gasteiger partial charge in [0.05, 0.1) is 30.3 Å². The number of carbonyl (C=O) groups excluding carboxylic acids is 1. The SMILES string of the molecule is N#C/C(=C\c1c(N2CCOCC2)nc2ccccn2c1=O)C(=O)N[C@H]1CCS(=O)(=O)C1. The molecule has 2 aromatic rings. The quantitative estimate of drug-likeness (QED) is 0.505. The molecule has 10 nitrogen and oxygen atoms in total. The number of hydrogen-bond donors (Lipinski definition) is 1. The summed E-state index contributed by atoms with van der Waals surface area (Å²) in [5, 5.41) is 12.2. The third-order valence-electron chi connectivity index (χ3n) is 5.28. The number of sulfone groups is 1. The summed E-state index contributed by atoms with van der Waals surface area (Å²) in [7, 11) is -3.18. The van der Waals surface area contributed by atoms with E-state index in [1.165, 1.54) is 10.5 Å². The van der Waals surface area contributed by atoms with Crippen LogP contribution < -0.4 is 15.8 Å². The second kappa shape index (κ2) is 8.49. The van der Waals surface area contributed by atoms with Gasteiger partial charge < -0.3 is 15.0 Å². The van der Waals surface area contributed by atoms with E-state index in [2.05, 4.69) is 10.3 Å². The van der Waals surface area contributed by atoms with Gasteiger partial charge in [-0.25, -0.2) is 13.4 Å². The average Bonchev–Trinajstić information content (AvgIpc) is 3.11. The predicted octanol–water partition coefficient (Wildman–Crippen LogP) is -0.259. The Morgan fingerprint density at radius 1 is 1.32 bits per heavy atom. The van der Waals surface area contributed by atoms with Crippen LogP contribution in [0.4, 0.5) is 5.82 Å². The first kappa shape index (κ1) is 21.0. The summed E-state index contributed by atoms with van der Waals surface area (Å²) in [5.41, 5.74) is -0.119. The fraction of sp³-hybridized carbons (Fsp3) is 0.400. The number of morpholine rings is 1. The van der Waals surface area contributed by atoms with E-state index in [1.807, 2.05) is 11.0 Å². The summed E-state index contributed by atoms with van der Waals surface area (Å²) in [6, 6.07) is 6.44. The van der Waals surface area contributed by atoms with Crippen molar-refractivity contribution in [1.29, 1.82) is 5.26 Å². The maximum absolute atomic E-state index is 13.2. The van der Waals surface area contributed by atoms with E-state index in [1.54, 1.807) is 24.4 Å². The van der Waals surface area contributed by atoms with E-state index < -0.39 is 27.3 Å². The van der Waals surface area contributed by atoms with Gasteiger partial charge in [-0.05, 0) is 24.6 Å². The summed E-state index contributed by atoms with van der Waals surface area (Å²) < 4.78 is 30.0. The molecule has 2 aliphatic rings. The van der Waals surface area contributed by atoms with Gasteiger partial charge in [0, 0.05) is 25.3 Å². The Hall–Kier alpha value is -3.23. The van der Waals surface area contributed by atoms with Crippen LogP contribution in [0.3, 0.4) is 0 Å². The Balaban J connectivity index is 1.74. The topological polar surface area (TPSA) is 134 Å². The molecule has 0 aliphatic carbocycles. The summed E-state index contributed by atoms with van der Waals surface area (Å²) >= 11 is 0. The summed E-state index contributed by atoms with van der Waals surface area (Å²) in [4.78, 5) is 32.3. The fourth-order valence-corrected chi connectivity index (χ4v) is 5.37. The van der Waals surface area contributed by atoms with Crippen molar-refractivity contribution in [1.82, 2.24) is 14.7 Å². The number of ether oxygens (including phenoxy) is 1. The first-order valence-electron chi connectivity index (χ1n) is 9.85. The number of carbonyl (C=O) groups is 1. The molecule has 2 saturated heterocycles. The van der Waals surface area contributed by atoms with Crippen LogP contribution in [0, 0.1) is 11.3 Å². The van der Waals surface area contributed by atoms with Crippen LogP contribution in [0.15, 0.2) is 34.8 Å². The fourth-order valence-electron chi connectivity index (χ4n) is 3.70. The Morgan fingerprint density at radius 2 is 2.10 bits per heavy atom. The standard InChI is InChI=1S/C20H21N5O5S/c21-12-14(19(26)22-15-4-10-31(28,29)13-15)11-16-18(24-6-8-30-9-7-24)23-17-3-1-2-5-25(17)20(16)27/h1-3,5,11,15H,4,6-10,13H2,(H,22,26)/b14-11+/t15-/m0/s1. The Kier molecular flexibility index (Phi) is 5.75. The van der Waals surface area contributed by atoms with Crippen LogP contribution in [0.1, 0.15) is 12.0 Å². The molecule has 11 heteroatoms. The van der Waals surface area contributed by atoms with Gasteiger partial charge in [-0.15, -0.1) is 0 Å².